The van der Waals surface area contributed by atoms with E-state index in [1.165, 1.54) is 12.1 Å². The SMILES string of the molecule is CN(C)CCNc1cc(F)cc(-c2ccnc3[nH]c(-c4[nH]nc5ncc(-c6cncc(NC(=O)CC(C)(C)C)c6)cc45)cc23)c1. The van der Waals surface area contributed by atoms with Gasteiger partial charge < -0.3 is 20.5 Å². The quantitative estimate of drug-likeness (QED) is 0.144. The van der Waals surface area contributed by atoms with E-state index in [9.17, 15) is 9.18 Å². The third-order valence-electron chi connectivity index (χ3n) is 7.35. The minimum Gasteiger partial charge on any atom is -0.384 e. The van der Waals surface area contributed by atoms with Crippen LogP contribution in [0, 0.1) is 11.2 Å². The Kier molecular flexibility index (Phi) is 8.03. The highest BCUT2D eigenvalue weighted by atomic mass is 19.1. The van der Waals surface area contributed by atoms with Gasteiger partial charge in [-0.05, 0) is 73.1 Å². The second-order valence-electron chi connectivity index (χ2n) is 12.7. The van der Waals surface area contributed by atoms with Crippen LogP contribution in [0.1, 0.15) is 27.2 Å². The summed E-state index contributed by atoms with van der Waals surface area (Å²) in [6, 6.07) is 12.8. The molecule has 0 spiro atoms. The first kappa shape index (κ1) is 29.9. The number of aromatic amines is 2. The van der Waals surface area contributed by atoms with E-state index in [1.807, 2.05) is 65.2 Å². The average molecular weight is 606 g/mol. The number of carbonyl (C=O) groups excluding carboxylic acids is 1. The topological polar surface area (TPSA) is 128 Å². The Balaban J connectivity index is 1.33. The fourth-order valence-electron chi connectivity index (χ4n) is 5.30. The summed E-state index contributed by atoms with van der Waals surface area (Å²) < 4.78 is 14.7. The maximum absolute atomic E-state index is 14.7. The van der Waals surface area contributed by atoms with E-state index in [0.717, 1.165) is 56.6 Å². The van der Waals surface area contributed by atoms with Crippen molar-refractivity contribution in [3.05, 3.63) is 73.1 Å². The highest BCUT2D eigenvalue weighted by molar-refractivity contribution is 6.00. The summed E-state index contributed by atoms with van der Waals surface area (Å²) in [4.78, 5) is 31.5. The highest BCUT2D eigenvalue weighted by Gasteiger charge is 2.18. The summed E-state index contributed by atoms with van der Waals surface area (Å²) in [6.45, 7) is 7.61. The number of H-pyrrole nitrogens is 2. The van der Waals surface area contributed by atoms with Gasteiger partial charge in [0.1, 0.15) is 11.5 Å². The van der Waals surface area contributed by atoms with E-state index in [0.29, 0.717) is 29.9 Å². The number of rotatable bonds is 9. The third-order valence-corrected chi connectivity index (χ3v) is 7.35. The van der Waals surface area contributed by atoms with E-state index in [4.69, 9.17) is 0 Å². The van der Waals surface area contributed by atoms with Crippen molar-refractivity contribution in [2.75, 3.05) is 37.8 Å². The number of pyridine rings is 3. The minimum absolute atomic E-state index is 0.0611. The van der Waals surface area contributed by atoms with Crippen molar-refractivity contribution in [3.8, 4) is 33.6 Å². The van der Waals surface area contributed by atoms with Crippen LogP contribution in [-0.2, 0) is 4.79 Å². The summed E-state index contributed by atoms with van der Waals surface area (Å²) in [5.41, 5.74) is 7.21. The predicted octanol–water partition coefficient (Wildman–Crippen LogP) is 6.72. The molecule has 0 radical (unpaired) electrons. The van der Waals surface area contributed by atoms with Crippen molar-refractivity contribution < 1.29 is 9.18 Å². The Hall–Kier alpha value is -5.16. The second kappa shape index (κ2) is 12.1. The summed E-state index contributed by atoms with van der Waals surface area (Å²) in [5, 5.41) is 15.5. The Morgan fingerprint density at radius 3 is 2.53 bits per heavy atom. The minimum atomic E-state index is -0.314. The van der Waals surface area contributed by atoms with Crippen LogP contribution in [-0.4, -0.2) is 68.1 Å². The van der Waals surface area contributed by atoms with Crippen molar-refractivity contribution in [2.45, 2.75) is 27.2 Å². The molecule has 0 unspecified atom stereocenters. The van der Waals surface area contributed by atoms with Gasteiger partial charge in [-0.15, -0.1) is 0 Å². The fourth-order valence-corrected chi connectivity index (χ4v) is 5.30. The summed E-state index contributed by atoms with van der Waals surface area (Å²) in [5.74, 6) is -0.375. The molecule has 1 amide bonds. The summed E-state index contributed by atoms with van der Waals surface area (Å²) in [7, 11) is 4.00. The van der Waals surface area contributed by atoms with Gasteiger partial charge in [0.25, 0.3) is 0 Å². The molecule has 0 fully saturated rings. The van der Waals surface area contributed by atoms with Gasteiger partial charge in [0.2, 0.25) is 5.91 Å². The summed E-state index contributed by atoms with van der Waals surface area (Å²) in [6.07, 6.45) is 7.23. The molecular formula is C34H36FN9O. The molecule has 0 bridgehead atoms. The lowest BCUT2D eigenvalue weighted by Gasteiger charge is -2.17. The predicted molar refractivity (Wildman–Crippen MR) is 177 cm³/mol. The molecule has 6 rings (SSSR count). The largest absolute Gasteiger partial charge is 0.384 e. The Bertz CT molecular complexity index is 2000. The molecular weight excluding hydrogens is 569 g/mol. The number of halogens is 1. The number of nitrogens with one attached hydrogen (secondary N) is 4. The Morgan fingerprint density at radius 1 is 0.933 bits per heavy atom. The van der Waals surface area contributed by atoms with Gasteiger partial charge in [-0.2, -0.15) is 5.10 Å². The lowest BCUT2D eigenvalue weighted by Crippen LogP contribution is -2.20. The normalized spacial score (nSPS) is 11.9. The van der Waals surface area contributed by atoms with Crippen LogP contribution in [0.3, 0.4) is 0 Å². The van der Waals surface area contributed by atoms with Gasteiger partial charge in [-0.1, -0.05) is 20.8 Å². The van der Waals surface area contributed by atoms with Crippen molar-refractivity contribution in [2.24, 2.45) is 5.41 Å². The lowest BCUT2D eigenvalue weighted by atomic mass is 9.92. The Morgan fingerprint density at radius 2 is 1.73 bits per heavy atom. The van der Waals surface area contributed by atoms with E-state index >= 15 is 0 Å². The van der Waals surface area contributed by atoms with Gasteiger partial charge in [-0.3, -0.25) is 14.9 Å². The first-order valence-corrected chi connectivity index (χ1v) is 14.8. The maximum atomic E-state index is 14.7. The van der Waals surface area contributed by atoms with Crippen LogP contribution in [0.25, 0.3) is 55.7 Å². The van der Waals surface area contributed by atoms with Gasteiger partial charge in [0.05, 0.1) is 23.3 Å². The molecule has 5 aromatic heterocycles. The highest BCUT2D eigenvalue weighted by Crippen LogP contribution is 2.35. The Labute approximate surface area is 260 Å². The molecule has 1 aromatic carbocycles. The van der Waals surface area contributed by atoms with Crippen molar-refractivity contribution in [1.82, 2.24) is 35.0 Å². The van der Waals surface area contributed by atoms with Gasteiger partial charge in [0.15, 0.2) is 5.65 Å². The van der Waals surface area contributed by atoms with Gasteiger partial charge in [-0.25, -0.2) is 14.4 Å². The molecule has 10 nitrogen and oxygen atoms in total. The number of carbonyl (C=O) groups is 1. The van der Waals surface area contributed by atoms with Crippen LogP contribution in [0.4, 0.5) is 15.8 Å². The molecule has 0 saturated heterocycles. The average Bonchev–Trinajstić information content (AvgIpc) is 3.59. The van der Waals surface area contributed by atoms with E-state index in [1.54, 1.807) is 24.8 Å². The maximum Gasteiger partial charge on any atom is 0.224 e. The second-order valence-corrected chi connectivity index (χ2v) is 12.7. The molecule has 230 valence electrons. The van der Waals surface area contributed by atoms with E-state index in [-0.39, 0.29) is 17.1 Å². The lowest BCUT2D eigenvalue weighted by molar-refractivity contribution is -0.117. The molecule has 6 aromatic rings. The molecule has 0 aliphatic carbocycles. The van der Waals surface area contributed by atoms with Crippen LogP contribution in [0.2, 0.25) is 0 Å². The smallest absolute Gasteiger partial charge is 0.224 e. The molecule has 11 heteroatoms. The molecule has 0 aliphatic rings. The van der Waals surface area contributed by atoms with Gasteiger partial charge >= 0.3 is 0 Å². The molecule has 5 heterocycles. The molecule has 0 atom stereocenters. The number of fused-ring (bicyclic) bond motifs is 2. The molecule has 45 heavy (non-hydrogen) atoms. The van der Waals surface area contributed by atoms with Crippen molar-refractivity contribution in [1.29, 1.82) is 0 Å². The number of nitrogens with zero attached hydrogens (tertiary/aromatic N) is 5. The molecule has 0 saturated carbocycles. The van der Waals surface area contributed by atoms with Gasteiger partial charge in [0, 0.05) is 65.7 Å². The zero-order valence-corrected chi connectivity index (χ0v) is 26.0. The number of anilines is 2. The number of hydrogen-bond donors (Lipinski definition) is 4. The van der Waals surface area contributed by atoms with Crippen LogP contribution in [0.15, 0.2) is 67.3 Å². The number of aromatic nitrogens is 6. The number of benzene rings is 1. The standard InChI is InChI=1S/C34H36FN9O/c1-34(2,3)16-30(45)40-25-12-21(17-36-19-25)22-13-28-31(42-43-33(28)39-18-22)29-15-27-26(6-7-38-32(27)41-29)20-10-23(35)14-24(11-20)37-8-9-44(4)5/h6-7,10-15,17-19,37H,8-9,16H2,1-5H3,(H,38,41)(H,40,45)(H,39,42,43). The summed E-state index contributed by atoms with van der Waals surface area (Å²) >= 11 is 0. The van der Waals surface area contributed by atoms with Crippen LogP contribution < -0.4 is 10.6 Å². The zero-order chi connectivity index (χ0) is 31.7. The first-order valence-electron chi connectivity index (χ1n) is 14.8. The number of amides is 1. The van der Waals surface area contributed by atoms with Crippen LogP contribution >= 0.6 is 0 Å². The number of likely N-dealkylation sites (N-methyl/N-ethyl adjacent to an activating group) is 1. The number of hydrogen-bond acceptors (Lipinski definition) is 7. The molecule has 4 N–H and O–H groups in total. The third kappa shape index (κ3) is 6.83. The first-order chi connectivity index (χ1) is 21.5. The van der Waals surface area contributed by atoms with Crippen molar-refractivity contribution >= 4 is 39.3 Å². The van der Waals surface area contributed by atoms with Crippen LogP contribution in [0.5, 0.6) is 0 Å². The fraction of sp³-hybridized carbons (Fsp3) is 0.265. The molecule has 0 aliphatic heterocycles. The van der Waals surface area contributed by atoms with E-state index < -0.39 is 0 Å². The zero-order valence-electron chi connectivity index (χ0n) is 26.0. The van der Waals surface area contributed by atoms with E-state index in [2.05, 4.69) is 45.7 Å². The van der Waals surface area contributed by atoms with Crippen molar-refractivity contribution in [3.63, 3.8) is 0 Å². The monoisotopic (exact) mass is 605 g/mol.